The van der Waals surface area contributed by atoms with Crippen molar-refractivity contribution in [2.45, 2.75) is 58.8 Å². The zero-order valence-corrected chi connectivity index (χ0v) is 32.7. The summed E-state index contributed by atoms with van der Waals surface area (Å²) in [4.78, 5) is 0. The number of halogens is 4. The van der Waals surface area contributed by atoms with E-state index < -0.39 is 0 Å². The van der Waals surface area contributed by atoms with Gasteiger partial charge in [-0.15, -0.1) is 46.2 Å². The van der Waals surface area contributed by atoms with Crippen LogP contribution in [0.5, 0.6) is 0 Å². The fraction of sp³-hybridized carbons (Fsp3) is 0.231. The van der Waals surface area contributed by atoms with Crippen LogP contribution in [0.2, 0.25) is 10.0 Å². The third-order valence-electron chi connectivity index (χ3n) is 7.29. The monoisotopic (exact) mass is 826 g/mol. The summed E-state index contributed by atoms with van der Waals surface area (Å²) in [6.07, 6.45) is 10.0. The molecule has 0 saturated heterocycles. The number of benzene rings is 4. The molecule has 0 nitrogen and oxygen atoms in total. The van der Waals surface area contributed by atoms with E-state index in [1.54, 1.807) is 0 Å². The van der Waals surface area contributed by atoms with Crippen LogP contribution in [-0.2, 0) is 34.7 Å². The molecule has 0 amide bonds. The first-order valence-corrected chi connectivity index (χ1v) is 16.8. The maximum atomic E-state index is 5.87. The van der Waals surface area contributed by atoms with Gasteiger partial charge in [-0.2, -0.15) is 6.08 Å². The van der Waals surface area contributed by atoms with Crippen LogP contribution in [0, 0.1) is 6.08 Å². The molecule has 5 aromatic carbocycles. The van der Waals surface area contributed by atoms with Gasteiger partial charge in [0.1, 0.15) is 0 Å². The molecule has 0 aliphatic heterocycles. The van der Waals surface area contributed by atoms with E-state index in [0.29, 0.717) is 0 Å². The molecule has 44 heavy (non-hydrogen) atoms. The summed E-state index contributed by atoms with van der Waals surface area (Å²) >= 11 is 12.7. The second-order valence-electron chi connectivity index (χ2n) is 12.6. The summed E-state index contributed by atoms with van der Waals surface area (Å²) in [6, 6.07) is 32.1. The van der Waals surface area contributed by atoms with Crippen molar-refractivity contribution in [3.05, 3.63) is 148 Å². The minimum absolute atomic E-state index is 0. The third-order valence-corrected chi connectivity index (χ3v) is 9.87. The van der Waals surface area contributed by atoms with Gasteiger partial charge in [0.05, 0.1) is 0 Å². The molecule has 5 aromatic rings. The van der Waals surface area contributed by atoms with E-state index in [2.05, 4.69) is 120 Å². The summed E-state index contributed by atoms with van der Waals surface area (Å²) in [5, 5.41) is 7.03. The van der Waals surface area contributed by atoms with Crippen molar-refractivity contribution in [2.75, 3.05) is 0 Å². The van der Waals surface area contributed by atoms with Gasteiger partial charge >= 0.3 is 120 Å². The van der Waals surface area contributed by atoms with E-state index in [-0.39, 0.29) is 35.6 Å². The molecule has 6 rings (SSSR count). The van der Waals surface area contributed by atoms with Crippen molar-refractivity contribution >= 4 is 48.0 Å². The Morgan fingerprint density at radius 1 is 0.659 bits per heavy atom. The molecule has 0 spiro atoms. The Morgan fingerprint density at radius 3 is 1.36 bits per heavy atom. The fourth-order valence-electron chi connectivity index (χ4n) is 4.67. The molecule has 0 bridgehead atoms. The van der Waals surface area contributed by atoms with Crippen LogP contribution in [0.4, 0.5) is 0 Å². The van der Waals surface area contributed by atoms with Gasteiger partial charge in [-0.25, -0.2) is 12.2 Å². The number of fused-ring (bicyclic) bond motifs is 3. The SMILES string of the molecule is CC(C)(C)c1ccc2[cH-]c3ccc(C(C)(C)C)cc3c2c1.Clc1ccc([C](=[Hf+2])c2ccc(Cl)cc2)cc1.[C-]1=CC=CC1.[Cl-].[Cl-]. The fourth-order valence-corrected chi connectivity index (χ4v) is 6.12. The average molecular weight is 827 g/mol. The third kappa shape index (κ3) is 10.3. The Labute approximate surface area is 300 Å². The largest absolute Gasteiger partial charge is 1.00 e. The van der Waals surface area contributed by atoms with Crippen LogP contribution in [0.3, 0.4) is 0 Å². The van der Waals surface area contributed by atoms with Gasteiger partial charge in [0, 0.05) is 0 Å². The molecule has 0 saturated carbocycles. The van der Waals surface area contributed by atoms with Crippen LogP contribution in [0.15, 0.2) is 109 Å². The van der Waals surface area contributed by atoms with E-state index in [1.807, 2.05) is 36.4 Å². The summed E-state index contributed by atoms with van der Waals surface area (Å²) in [5.74, 6) is 0. The topological polar surface area (TPSA) is 0 Å². The van der Waals surface area contributed by atoms with Crippen molar-refractivity contribution in [1.82, 2.24) is 0 Å². The van der Waals surface area contributed by atoms with Gasteiger partial charge in [-0.1, -0.05) is 76.9 Å². The standard InChI is InChI=1S/C21H25.C13H8Cl2.C5H5.2ClH.Hf/c1-20(2,3)16-9-7-14-11-15-8-10-17(21(4,5)6)13-19(15)18(14)12-16;14-12-5-1-10(2-6-12)9-11-3-7-13(15)8-4-11;1-2-4-5-3-1;;;/h7-13H,1-6H3;1-8H;1-3H,4H2;2*1H;/q-1;;-1;;;+2/p-2. The van der Waals surface area contributed by atoms with Crippen LogP contribution >= 0.6 is 23.2 Å². The number of hydrogen-bond donors (Lipinski definition) is 0. The normalized spacial score (nSPS) is 12.0. The van der Waals surface area contributed by atoms with Crippen molar-refractivity contribution in [2.24, 2.45) is 0 Å². The van der Waals surface area contributed by atoms with Crippen LogP contribution in [0.25, 0.3) is 21.5 Å². The maximum absolute atomic E-state index is 5.87. The van der Waals surface area contributed by atoms with E-state index >= 15 is 0 Å². The summed E-state index contributed by atoms with van der Waals surface area (Å²) in [6.45, 7) is 13.7. The Balaban J connectivity index is 0.000000260. The van der Waals surface area contributed by atoms with E-state index in [1.165, 1.54) is 47.1 Å². The predicted octanol–water partition coefficient (Wildman–Crippen LogP) is 5.73. The Kier molecular flexibility index (Phi) is 14.5. The number of rotatable bonds is 2. The van der Waals surface area contributed by atoms with E-state index in [0.717, 1.165) is 40.4 Å². The van der Waals surface area contributed by atoms with Crippen molar-refractivity contribution in [3.63, 3.8) is 0 Å². The summed E-state index contributed by atoms with van der Waals surface area (Å²) < 4.78 is 1.35. The molecule has 1 aliphatic carbocycles. The van der Waals surface area contributed by atoms with Gasteiger partial charge in [0.15, 0.2) is 0 Å². The quantitative estimate of drug-likeness (QED) is 0.158. The van der Waals surface area contributed by atoms with E-state index in [4.69, 9.17) is 23.2 Å². The van der Waals surface area contributed by atoms with Gasteiger partial charge in [0.25, 0.3) is 0 Å². The molecule has 0 atom stereocenters. The Bertz CT molecular complexity index is 1600. The first-order valence-electron chi connectivity index (χ1n) is 14.3. The van der Waals surface area contributed by atoms with Crippen molar-refractivity contribution in [3.8, 4) is 0 Å². The molecule has 5 heteroatoms. The zero-order chi connectivity index (χ0) is 30.5. The zero-order valence-electron chi connectivity index (χ0n) is 26.1. The van der Waals surface area contributed by atoms with Gasteiger partial charge in [-0.3, -0.25) is 6.08 Å². The maximum Gasteiger partial charge on any atom is -0.109 e. The Morgan fingerprint density at radius 2 is 1.07 bits per heavy atom. The molecule has 0 fully saturated rings. The van der Waals surface area contributed by atoms with Crippen molar-refractivity contribution in [1.29, 1.82) is 0 Å². The number of hydrogen-bond acceptors (Lipinski definition) is 0. The smallest absolute Gasteiger partial charge is 0.109 e. The minimum atomic E-state index is 0. The molecule has 1 aliphatic rings. The van der Waals surface area contributed by atoms with Gasteiger partial charge in [-0.05, 0) is 10.8 Å². The van der Waals surface area contributed by atoms with Gasteiger partial charge < -0.3 is 24.8 Å². The van der Waals surface area contributed by atoms with Crippen molar-refractivity contribution < 1.29 is 48.7 Å². The molecule has 0 aromatic heterocycles. The molecule has 228 valence electrons. The first kappa shape index (κ1) is 38.3. The van der Waals surface area contributed by atoms with Crippen LogP contribution < -0.4 is 24.8 Å². The predicted molar refractivity (Wildman–Crippen MR) is 182 cm³/mol. The Hall–Kier alpha value is -1.87. The second kappa shape index (κ2) is 16.6. The second-order valence-corrected chi connectivity index (χ2v) is 15.3. The molecular weight excluding hydrogens is 789 g/mol. The van der Waals surface area contributed by atoms with Crippen LogP contribution in [0.1, 0.15) is 70.2 Å². The molecule has 0 unspecified atom stereocenters. The first-order chi connectivity index (χ1) is 19.8. The van der Waals surface area contributed by atoms with Crippen LogP contribution in [-0.4, -0.2) is 3.26 Å². The summed E-state index contributed by atoms with van der Waals surface area (Å²) in [7, 11) is 0. The number of allylic oxidation sites excluding steroid dienone is 4. The molecular formula is C39H38Cl4Hf-2. The van der Waals surface area contributed by atoms with E-state index in [9.17, 15) is 0 Å². The average Bonchev–Trinajstić information content (AvgIpc) is 3.64. The minimum Gasteiger partial charge on any atom is -1.00 e. The molecule has 0 N–H and O–H groups in total. The molecule has 0 radical (unpaired) electrons. The summed E-state index contributed by atoms with van der Waals surface area (Å²) in [5.41, 5.74) is 5.67. The molecule has 0 heterocycles. The van der Waals surface area contributed by atoms with Gasteiger partial charge in [0.2, 0.25) is 0 Å².